The van der Waals surface area contributed by atoms with Gasteiger partial charge in [0.15, 0.2) is 0 Å². The molecule has 2 heterocycles. The summed E-state index contributed by atoms with van der Waals surface area (Å²) in [6, 6.07) is 17.6. The van der Waals surface area contributed by atoms with E-state index in [1.807, 2.05) is 48.5 Å². The van der Waals surface area contributed by atoms with E-state index in [-0.39, 0.29) is 5.91 Å². The second-order valence-corrected chi connectivity index (χ2v) is 9.06. The van der Waals surface area contributed by atoms with Crippen molar-refractivity contribution < 1.29 is 4.79 Å². The molecule has 152 valence electrons. The molecule has 2 aromatic heterocycles. The van der Waals surface area contributed by atoms with Crippen LogP contribution < -0.4 is 4.90 Å². The first-order valence-corrected chi connectivity index (χ1v) is 10.4. The predicted molar refractivity (Wildman–Crippen MR) is 121 cm³/mol. The third-order valence-electron chi connectivity index (χ3n) is 6.23. The number of hydrogen-bond donors (Lipinski definition) is 2. The number of fused-ring (bicyclic) bond motifs is 2. The molecule has 0 atom stereocenters. The largest absolute Gasteiger partial charge is 0.353 e. The van der Waals surface area contributed by atoms with Crippen molar-refractivity contribution >= 4 is 22.5 Å². The van der Waals surface area contributed by atoms with Crippen LogP contribution in [-0.4, -0.2) is 28.1 Å². The number of carbonyl (C=O) groups excluding carboxylic acids is 1. The van der Waals surface area contributed by atoms with Crippen LogP contribution in [0.25, 0.3) is 22.3 Å². The van der Waals surface area contributed by atoms with E-state index in [9.17, 15) is 4.79 Å². The van der Waals surface area contributed by atoms with Gasteiger partial charge in [-0.3, -0.25) is 9.89 Å². The van der Waals surface area contributed by atoms with Gasteiger partial charge in [0.05, 0.1) is 5.69 Å². The number of nitrogens with one attached hydrogen (secondary N) is 2. The first-order valence-electron chi connectivity index (χ1n) is 10.4. The predicted octanol–water partition coefficient (Wildman–Crippen LogP) is 5.35. The maximum Gasteiger partial charge on any atom is 0.258 e. The van der Waals surface area contributed by atoms with Crippen molar-refractivity contribution in [2.24, 2.45) is 5.41 Å². The zero-order chi connectivity index (χ0) is 20.9. The van der Waals surface area contributed by atoms with Crippen LogP contribution >= 0.6 is 0 Å². The topological polar surface area (TPSA) is 64.8 Å². The molecule has 1 amide bonds. The molecular weight excluding hydrogens is 372 g/mol. The molecule has 5 rings (SSSR count). The van der Waals surface area contributed by atoms with Crippen LogP contribution in [0.1, 0.15) is 41.9 Å². The van der Waals surface area contributed by atoms with Crippen molar-refractivity contribution in [3.63, 3.8) is 0 Å². The van der Waals surface area contributed by atoms with Crippen LogP contribution in [0.15, 0.2) is 54.6 Å². The van der Waals surface area contributed by atoms with Gasteiger partial charge < -0.3 is 9.88 Å². The Bertz CT molecular complexity index is 1230. The van der Waals surface area contributed by atoms with Crippen molar-refractivity contribution in [2.75, 3.05) is 11.9 Å². The molecule has 5 heteroatoms. The van der Waals surface area contributed by atoms with Crippen molar-refractivity contribution in [1.82, 2.24) is 15.2 Å². The lowest BCUT2D eigenvalue weighted by Gasteiger charge is -2.28. The molecule has 2 aromatic carbocycles. The van der Waals surface area contributed by atoms with E-state index in [1.165, 1.54) is 11.3 Å². The Hall–Kier alpha value is -3.34. The normalized spacial score (nSPS) is 15.2. The van der Waals surface area contributed by atoms with E-state index in [0.717, 1.165) is 47.2 Å². The summed E-state index contributed by atoms with van der Waals surface area (Å²) in [4.78, 5) is 18.1. The number of amides is 1. The highest BCUT2D eigenvalue weighted by molar-refractivity contribution is 6.07. The van der Waals surface area contributed by atoms with Gasteiger partial charge in [-0.05, 0) is 55.0 Å². The van der Waals surface area contributed by atoms with Gasteiger partial charge in [0.2, 0.25) is 0 Å². The van der Waals surface area contributed by atoms with Gasteiger partial charge in [-0.15, -0.1) is 0 Å². The van der Waals surface area contributed by atoms with Crippen molar-refractivity contribution in [1.29, 1.82) is 0 Å². The molecule has 5 nitrogen and oxygen atoms in total. The second kappa shape index (κ2) is 6.87. The van der Waals surface area contributed by atoms with E-state index in [2.05, 4.69) is 35.1 Å². The third kappa shape index (κ3) is 3.20. The number of rotatable bonds is 3. The van der Waals surface area contributed by atoms with E-state index < -0.39 is 0 Å². The summed E-state index contributed by atoms with van der Waals surface area (Å²) in [7, 11) is 1.81. The minimum Gasteiger partial charge on any atom is -0.353 e. The number of hydrogen-bond acceptors (Lipinski definition) is 2. The number of nitrogens with zero attached hydrogens (tertiary/aromatic N) is 2. The molecule has 1 aliphatic carbocycles. The first-order chi connectivity index (χ1) is 14.4. The standard InChI is InChI=1S/C25H26N4O/c1-25(2)12-11-19-22(15-25)27-28-23(19)21-13-16-9-10-17(14-20(16)26-21)24(30)29(3)18-7-5-4-6-8-18/h4-10,13-14,26H,11-12,15H2,1-3H3,(H,27,28). The Morgan fingerprint density at radius 2 is 1.90 bits per heavy atom. The van der Waals surface area contributed by atoms with Crippen LogP contribution in [0.2, 0.25) is 0 Å². The highest BCUT2D eigenvalue weighted by atomic mass is 16.2. The Morgan fingerprint density at radius 1 is 1.10 bits per heavy atom. The van der Waals surface area contributed by atoms with Gasteiger partial charge in [-0.2, -0.15) is 5.10 Å². The molecule has 0 saturated carbocycles. The fourth-order valence-electron chi connectivity index (χ4n) is 4.42. The Balaban J connectivity index is 1.47. The number of H-pyrrole nitrogens is 2. The molecule has 0 saturated heterocycles. The first kappa shape index (κ1) is 18.7. The molecule has 1 aliphatic rings. The summed E-state index contributed by atoms with van der Waals surface area (Å²) in [5, 5.41) is 8.96. The highest BCUT2D eigenvalue weighted by Gasteiger charge is 2.29. The van der Waals surface area contributed by atoms with Gasteiger partial charge in [0.25, 0.3) is 5.91 Å². The Morgan fingerprint density at radius 3 is 2.70 bits per heavy atom. The lowest BCUT2D eigenvalue weighted by Crippen LogP contribution is -2.26. The van der Waals surface area contributed by atoms with E-state index >= 15 is 0 Å². The van der Waals surface area contributed by atoms with Crippen LogP contribution in [0, 0.1) is 5.41 Å². The number of para-hydroxylation sites is 1. The molecule has 0 aliphatic heterocycles. The smallest absolute Gasteiger partial charge is 0.258 e. The van der Waals surface area contributed by atoms with Crippen LogP contribution in [-0.2, 0) is 12.8 Å². The molecular formula is C25H26N4O. The monoisotopic (exact) mass is 398 g/mol. The summed E-state index contributed by atoms with van der Waals surface area (Å²) in [5.74, 6) is -0.0290. The van der Waals surface area contributed by atoms with E-state index in [4.69, 9.17) is 0 Å². The second-order valence-electron chi connectivity index (χ2n) is 9.06. The molecule has 0 spiro atoms. The van der Waals surface area contributed by atoms with Crippen molar-refractivity contribution in [2.45, 2.75) is 33.1 Å². The number of carbonyl (C=O) groups is 1. The quantitative estimate of drug-likeness (QED) is 0.489. The third-order valence-corrected chi connectivity index (χ3v) is 6.23. The lowest BCUT2D eigenvalue weighted by atomic mass is 9.76. The van der Waals surface area contributed by atoms with Crippen LogP contribution in [0.4, 0.5) is 5.69 Å². The zero-order valence-electron chi connectivity index (χ0n) is 17.6. The maximum atomic E-state index is 13.0. The molecule has 0 fully saturated rings. The fourth-order valence-corrected chi connectivity index (χ4v) is 4.42. The molecule has 30 heavy (non-hydrogen) atoms. The summed E-state index contributed by atoms with van der Waals surface area (Å²) in [6.07, 6.45) is 3.23. The fraction of sp³-hybridized carbons (Fsp3) is 0.280. The lowest BCUT2D eigenvalue weighted by molar-refractivity contribution is 0.0993. The van der Waals surface area contributed by atoms with E-state index in [0.29, 0.717) is 11.0 Å². The van der Waals surface area contributed by atoms with Gasteiger partial charge >= 0.3 is 0 Å². The molecule has 4 aromatic rings. The van der Waals surface area contributed by atoms with E-state index in [1.54, 1.807) is 11.9 Å². The summed E-state index contributed by atoms with van der Waals surface area (Å²) in [5.41, 5.74) is 7.38. The molecule has 2 N–H and O–H groups in total. The number of aromatic amines is 2. The van der Waals surface area contributed by atoms with Gasteiger partial charge in [0.1, 0.15) is 5.69 Å². The Labute approximate surface area is 176 Å². The summed E-state index contributed by atoms with van der Waals surface area (Å²) < 4.78 is 0. The van der Waals surface area contributed by atoms with Crippen molar-refractivity contribution in [3.05, 3.63) is 71.4 Å². The van der Waals surface area contributed by atoms with Gasteiger partial charge in [-0.25, -0.2) is 0 Å². The van der Waals surface area contributed by atoms with Crippen LogP contribution in [0.5, 0.6) is 0 Å². The maximum absolute atomic E-state index is 13.0. The Kier molecular flexibility index (Phi) is 4.28. The average molecular weight is 399 g/mol. The minimum atomic E-state index is -0.0290. The van der Waals surface area contributed by atoms with Crippen molar-refractivity contribution in [3.8, 4) is 11.4 Å². The SMILES string of the molecule is CN(C(=O)c1ccc2cc(-c3n[nH]c4c3CCC(C)(C)C4)[nH]c2c1)c1ccccc1. The molecule has 0 radical (unpaired) electrons. The minimum absolute atomic E-state index is 0.0290. The summed E-state index contributed by atoms with van der Waals surface area (Å²) >= 11 is 0. The van der Waals surface area contributed by atoms with Gasteiger partial charge in [-0.1, -0.05) is 38.1 Å². The van der Waals surface area contributed by atoms with Crippen LogP contribution in [0.3, 0.4) is 0 Å². The van der Waals surface area contributed by atoms with Gasteiger partial charge in [0, 0.05) is 40.5 Å². The molecule has 0 unspecified atom stereocenters. The molecule has 0 bridgehead atoms. The summed E-state index contributed by atoms with van der Waals surface area (Å²) in [6.45, 7) is 4.62. The zero-order valence-corrected chi connectivity index (χ0v) is 17.6. The number of anilines is 1. The highest BCUT2D eigenvalue weighted by Crippen LogP contribution is 2.38. The number of benzene rings is 2. The average Bonchev–Trinajstić information content (AvgIpc) is 3.35. The number of aromatic nitrogens is 3.